The third-order valence-electron chi connectivity index (χ3n) is 4.05. The van der Waals surface area contributed by atoms with E-state index in [2.05, 4.69) is 24.3 Å². The first-order chi connectivity index (χ1) is 10.3. The quantitative estimate of drug-likeness (QED) is 0.771. The number of aliphatic hydroxyl groups is 1. The fourth-order valence-electron chi connectivity index (χ4n) is 2.48. The lowest BCUT2D eigenvalue weighted by Gasteiger charge is -2.12. The Bertz CT molecular complexity index is 544. The topological polar surface area (TPSA) is 29.5 Å². The molecule has 1 saturated carbocycles. The van der Waals surface area contributed by atoms with Crippen molar-refractivity contribution in [1.82, 2.24) is 0 Å². The van der Waals surface area contributed by atoms with Gasteiger partial charge < -0.3 is 9.84 Å². The predicted octanol–water partition coefficient (Wildman–Crippen LogP) is 4.20. The predicted molar refractivity (Wildman–Crippen MR) is 85.0 cm³/mol. The largest absolute Gasteiger partial charge is 0.386 e. The number of hydrogen-bond acceptors (Lipinski definition) is 2. The van der Waals surface area contributed by atoms with E-state index in [0.717, 1.165) is 24.5 Å². The Labute approximate surface area is 126 Å². The summed E-state index contributed by atoms with van der Waals surface area (Å²) in [7, 11) is 0. The summed E-state index contributed by atoms with van der Waals surface area (Å²) in [6, 6.07) is 18.3. The Hall–Kier alpha value is -1.64. The lowest BCUT2D eigenvalue weighted by Crippen LogP contribution is -2.08. The van der Waals surface area contributed by atoms with Gasteiger partial charge in [0, 0.05) is 6.61 Å². The van der Waals surface area contributed by atoms with Crippen molar-refractivity contribution in [2.45, 2.75) is 25.4 Å². The highest BCUT2D eigenvalue weighted by molar-refractivity contribution is 5.63. The molecule has 0 saturated heterocycles. The van der Waals surface area contributed by atoms with E-state index in [9.17, 15) is 5.11 Å². The van der Waals surface area contributed by atoms with Crippen LogP contribution in [0.2, 0.25) is 0 Å². The molecule has 0 bridgehead atoms. The lowest BCUT2D eigenvalue weighted by atomic mass is 10.0. The van der Waals surface area contributed by atoms with Gasteiger partial charge in [-0.25, -0.2) is 0 Å². The molecule has 2 nitrogen and oxygen atoms in total. The summed E-state index contributed by atoms with van der Waals surface area (Å²) in [5, 5.41) is 10.1. The summed E-state index contributed by atoms with van der Waals surface area (Å²) in [6.45, 7) is 1.15. The summed E-state index contributed by atoms with van der Waals surface area (Å²) >= 11 is 0. The number of rotatable bonds is 7. The van der Waals surface area contributed by atoms with Gasteiger partial charge in [0.25, 0.3) is 0 Å². The maximum atomic E-state index is 10.1. The van der Waals surface area contributed by atoms with Crippen LogP contribution in [0.5, 0.6) is 0 Å². The second-order valence-electron chi connectivity index (χ2n) is 5.81. The lowest BCUT2D eigenvalue weighted by molar-refractivity contribution is 0.0336. The molecule has 1 atom stereocenters. The molecular formula is C19H22O2. The average Bonchev–Trinajstić information content (AvgIpc) is 3.37. The van der Waals surface area contributed by atoms with Crippen LogP contribution in [0.1, 0.15) is 30.9 Å². The molecule has 0 aromatic heterocycles. The molecule has 0 heterocycles. The minimum absolute atomic E-state index is 0.386. The molecule has 0 amide bonds. The highest BCUT2D eigenvalue weighted by Crippen LogP contribution is 2.32. The van der Waals surface area contributed by atoms with Crippen LogP contribution in [0.4, 0.5) is 0 Å². The van der Waals surface area contributed by atoms with E-state index in [1.807, 2.05) is 30.3 Å². The normalized spacial score (nSPS) is 15.9. The van der Waals surface area contributed by atoms with Gasteiger partial charge in [-0.15, -0.1) is 0 Å². The molecule has 0 aliphatic heterocycles. The fraction of sp³-hybridized carbons (Fsp3) is 0.368. The van der Waals surface area contributed by atoms with E-state index in [0.29, 0.717) is 6.61 Å². The smallest absolute Gasteiger partial charge is 0.102 e. The third kappa shape index (κ3) is 4.16. The van der Waals surface area contributed by atoms with Gasteiger partial charge in [-0.05, 0) is 29.0 Å². The zero-order valence-corrected chi connectivity index (χ0v) is 12.2. The van der Waals surface area contributed by atoms with Crippen LogP contribution in [-0.4, -0.2) is 18.3 Å². The highest BCUT2D eigenvalue weighted by Gasteiger charge is 2.20. The maximum absolute atomic E-state index is 10.1. The van der Waals surface area contributed by atoms with E-state index in [1.165, 1.54) is 24.0 Å². The number of benzene rings is 2. The van der Waals surface area contributed by atoms with E-state index >= 15 is 0 Å². The van der Waals surface area contributed by atoms with Gasteiger partial charge in [-0.1, -0.05) is 67.4 Å². The Morgan fingerprint density at radius 2 is 1.62 bits per heavy atom. The molecule has 2 aromatic rings. The SMILES string of the molecule is OC(COCCC1CC1)c1ccc(-c2ccccc2)cc1. The summed E-state index contributed by atoms with van der Waals surface area (Å²) in [5.74, 6) is 0.882. The monoisotopic (exact) mass is 282 g/mol. The zero-order chi connectivity index (χ0) is 14.5. The minimum atomic E-state index is -0.533. The van der Waals surface area contributed by atoms with Gasteiger partial charge in [0.05, 0.1) is 6.61 Å². The van der Waals surface area contributed by atoms with Crippen molar-refractivity contribution >= 4 is 0 Å². The standard InChI is InChI=1S/C19H22O2/c20-19(14-21-13-12-15-6-7-15)18-10-8-17(9-11-18)16-4-2-1-3-5-16/h1-5,8-11,15,19-20H,6-7,12-14H2. The molecule has 1 aliphatic rings. The minimum Gasteiger partial charge on any atom is -0.386 e. The van der Waals surface area contributed by atoms with Gasteiger partial charge >= 0.3 is 0 Å². The molecular weight excluding hydrogens is 260 g/mol. The third-order valence-corrected chi connectivity index (χ3v) is 4.05. The van der Waals surface area contributed by atoms with Crippen LogP contribution in [0.3, 0.4) is 0 Å². The van der Waals surface area contributed by atoms with Crippen molar-refractivity contribution in [2.75, 3.05) is 13.2 Å². The average molecular weight is 282 g/mol. The molecule has 1 aliphatic carbocycles. The van der Waals surface area contributed by atoms with Crippen LogP contribution in [-0.2, 0) is 4.74 Å². The van der Waals surface area contributed by atoms with Gasteiger partial charge in [-0.2, -0.15) is 0 Å². The van der Waals surface area contributed by atoms with Crippen LogP contribution < -0.4 is 0 Å². The second kappa shape index (κ2) is 6.88. The number of hydrogen-bond donors (Lipinski definition) is 1. The van der Waals surface area contributed by atoms with E-state index in [-0.39, 0.29) is 0 Å². The highest BCUT2D eigenvalue weighted by atomic mass is 16.5. The Balaban J connectivity index is 1.53. The van der Waals surface area contributed by atoms with E-state index < -0.39 is 6.10 Å². The first-order valence-corrected chi connectivity index (χ1v) is 7.74. The van der Waals surface area contributed by atoms with Gasteiger partial charge in [0.15, 0.2) is 0 Å². The maximum Gasteiger partial charge on any atom is 0.102 e. The Kier molecular flexibility index (Phi) is 4.69. The van der Waals surface area contributed by atoms with E-state index in [4.69, 9.17) is 4.74 Å². The van der Waals surface area contributed by atoms with Crippen molar-refractivity contribution < 1.29 is 9.84 Å². The molecule has 110 valence electrons. The molecule has 0 radical (unpaired) electrons. The van der Waals surface area contributed by atoms with Crippen molar-refractivity contribution in [3.05, 3.63) is 60.2 Å². The summed E-state index contributed by atoms with van der Waals surface area (Å²) in [6.07, 6.45) is 3.31. The molecule has 1 N–H and O–H groups in total. The second-order valence-corrected chi connectivity index (χ2v) is 5.81. The first-order valence-electron chi connectivity index (χ1n) is 7.74. The molecule has 21 heavy (non-hydrogen) atoms. The molecule has 1 unspecified atom stereocenters. The molecule has 0 spiro atoms. The fourth-order valence-corrected chi connectivity index (χ4v) is 2.48. The van der Waals surface area contributed by atoms with E-state index in [1.54, 1.807) is 0 Å². The van der Waals surface area contributed by atoms with Crippen molar-refractivity contribution in [3.8, 4) is 11.1 Å². The molecule has 3 rings (SSSR count). The first kappa shape index (κ1) is 14.3. The van der Waals surface area contributed by atoms with Crippen molar-refractivity contribution in [1.29, 1.82) is 0 Å². The molecule has 2 aromatic carbocycles. The van der Waals surface area contributed by atoms with Gasteiger partial charge in [0.2, 0.25) is 0 Å². The number of ether oxygens (including phenoxy) is 1. The summed E-state index contributed by atoms with van der Waals surface area (Å²) in [5.41, 5.74) is 3.28. The number of aliphatic hydroxyl groups excluding tert-OH is 1. The van der Waals surface area contributed by atoms with Crippen molar-refractivity contribution in [2.24, 2.45) is 5.92 Å². The zero-order valence-electron chi connectivity index (χ0n) is 12.2. The summed E-state index contributed by atoms with van der Waals surface area (Å²) < 4.78 is 5.57. The van der Waals surface area contributed by atoms with Crippen LogP contribution in [0, 0.1) is 5.92 Å². The molecule has 2 heteroatoms. The summed E-state index contributed by atoms with van der Waals surface area (Å²) in [4.78, 5) is 0. The van der Waals surface area contributed by atoms with Crippen LogP contribution in [0.15, 0.2) is 54.6 Å². The van der Waals surface area contributed by atoms with Gasteiger partial charge in [-0.3, -0.25) is 0 Å². The van der Waals surface area contributed by atoms with Crippen LogP contribution in [0.25, 0.3) is 11.1 Å². The van der Waals surface area contributed by atoms with Crippen molar-refractivity contribution in [3.63, 3.8) is 0 Å². The molecule has 1 fully saturated rings. The Morgan fingerprint density at radius 3 is 2.29 bits per heavy atom. The Morgan fingerprint density at radius 1 is 0.952 bits per heavy atom. The van der Waals surface area contributed by atoms with Gasteiger partial charge in [0.1, 0.15) is 6.10 Å². The van der Waals surface area contributed by atoms with Crippen LogP contribution >= 0.6 is 0 Å².